The average molecular weight is 483 g/mol. The fourth-order valence-corrected chi connectivity index (χ4v) is 4.01. The number of benzene rings is 1. The molecular weight excluding hydrogens is 448 g/mol. The number of rotatable bonds is 10. The van der Waals surface area contributed by atoms with Crippen LogP contribution in [0.5, 0.6) is 5.88 Å². The van der Waals surface area contributed by atoms with Crippen LogP contribution in [0.25, 0.3) is 0 Å². The molecule has 188 valence electrons. The van der Waals surface area contributed by atoms with Crippen molar-refractivity contribution in [2.24, 2.45) is 4.99 Å². The van der Waals surface area contributed by atoms with Gasteiger partial charge in [-0.2, -0.15) is 0 Å². The first-order valence-electron chi connectivity index (χ1n) is 12.2. The van der Waals surface area contributed by atoms with Gasteiger partial charge in [0.25, 0.3) is 0 Å². The third-order valence-electron chi connectivity index (χ3n) is 5.87. The summed E-state index contributed by atoms with van der Waals surface area (Å²) in [6.45, 7) is 10.5. The van der Waals surface area contributed by atoms with Crippen LogP contribution in [0.1, 0.15) is 28.5 Å². The Morgan fingerprint density at radius 2 is 1.86 bits per heavy atom. The van der Waals surface area contributed by atoms with Crippen molar-refractivity contribution in [3.05, 3.63) is 53.2 Å². The lowest BCUT2D eigenvalue weighted by Crippen LogP contribution is -2.38. The van der Waals surface area contributed by atoms with Crippen LogP contribution in [0.3, 0.4) is 0 Å². The molecule has 9 nitrogen and oxygen atoms in total. The number of hydrogen-bond donors (Lipinski definition) is 0. The number of hydrogen-bond acceptors (Lipinski definition) is 9. The van der Waals surface area contributed by atoms with E-state index < -0.39 is 0 Å². The summed E-state index contributed by atoms with van der Waals surface area (Å²) in [6.07, 6.45) is 1.75. The molecule has 1 aromatic carbocycles. The maximum absolute atomic E-state index is 12.0. The summed E-state index contributed by atoms with van der Waals surface area (Å²) >= 11 is 0. The molecule has 0 unspecified atom stereocenters. The lowest BCUT2D eigenvalue weighted by molar-refractivity contribution is 0.0320. The molecule has 0 N–H and O–H groups in total. The van der Waals surface area contributed by atoms with Crippen LogP contribution >= 0.6 is 0 Å². The lowest BCUT2D eigenvalue weighted by atomic mass is 10.1. The minimum absolute atomic E-state index is 0.332. The molecule has 3 heterocycles. The second kappa shape index (κ2) is 13.2. The molecule has 0 spiro atoms. The number of pyridine rings is 1. The standard InChI is InChI=1S/C26H34N4O5/c1-2-34-26(31)22-5-3-4-21(16-22)19-27-20-23-17-24(30-9-13-33-14-10-30)18-25(28-23)35-15-8-29-6-11-32-12-7-29/h3-5,16-19H,2,6-15,20H2,1H3. The lowest BCUT2D eigenvalue weighted by Gasteiger charge is -2.29. The van der Waals surface area contributed by atoms with Crippen LogP contribution in [0.15, 0.2) is 41.4 Å². The third kappa shape index (κ3) is 7.74. The van der Waals surface area contributed by atoms with Crippen LogP contribution in [0, 0.1) is 0 Å². The van der Waals surface area contributed by atoms with Gasteiger partial charge < -0.3 is 23.8 Å². The van der Waals surface area contributed by atoms with Crippen LogP contribution in [-0.4, -0.2) is 94.4 Å². The Morgan fingerprint density at radius 1 is 1.09 bits per heavy atom. The summed E-state index contributed by atoms with van der Waals surface area (Å²) < 4.78 is 22.1. The van der Waals surface area contributed by atoms with E-state index in [1.807, 2.05) is 18.2 Å². The van der Waals surface area contributed by atoms with E-state index in [2.05, 4.69) is 20.9 Å². The van der Waals surface area contributed by atoms with Gasteiger partial charge in [-0.1, -0.05) is 12.1 Å². The smallest absolute Gasteiger partial charge is 0.338 e. The van der Waals surface area contributed by atoms with E-state index in [1.165, 1.54) is 0 Å². The average Bonchev–Trinajstić information content (AvgIpc) is 2.90. The molecule has 4 rings (SSSR count). The number of nitrogens with zero attached hydrogens (tertiary/aromatic N) is 4. The number of esters is 1. The third-order valence-corrected chi connectivity index (χ3v) is 5.87. The van der Waals surface area contributed by atoms with Gasteiger partial charge in [0.1, 0.15) is 6.61 Å². The van der Waals surface area contributed by atoms with Gasteiger partial charge in [0.05, 0.1) is 50.8 Å². The first kappa shape index (κ1) is 25.1. The van der Waals surface area contributed by atoms with Crippen molar-refractivity contribution in [2.75, 3.05) is 77.3 Å². The van der Waals surface area contributed by atoms with Crippen molar-refractivity contribution in [3.63, 3.8) is 0 Å². The van der Waals surface area contributed by atoms with Crippen LogP contribution in [0.2, 0.25) is 0 Å². The number of aromatic nitrogens is 1. The Hall–Kier alpha value is -3.01. The minimum Gasteiger partial charge on any atom is -0.476 e. The Balaban J connectivity index is 1.42. The Bertz CT molecular complexity index is 987. The van der Waals surface area contributed by atoms with Crippen molar-refractivity contribution < 1.29 is 23.7 Å². The van der Waals surface area contributed by atoms with E-state index in [4.69, 9.17) is 23.9 Å². The van der Waals surface area contributed by atoms with Crippen LogP contribution in [-0.2, 0) is 20.8 Å². The minimum atomic E-state index is -0.332. The van der Waals surface area contributed by atoms with Gasteiger partial charge in [-0.25, -0.2) is 9.78 Å². The molecule has 0 amide bonds. The molecule has 35 heavy (non-hydrogen) atoms. The van der Waals surface area contributed by atoms with Crippen LogP contribution < -0.4 is 9.64 Å². The number of carbonyl (C=O) groups excluding carboxylic acids is 1. The van der Waals surface area contributed by atoms with Crippen molar-refractivity contribution in [1.82, 2.24) is 9.88 Å². The number of anilines is 1. The highest BCUT2D eigenvalue weighted by Crippen LogP contribution is 2.23. The maximum Gasteiger partial charge on any atom is 0.338 e. The van der Waals surface area contributed by atoms with Gasteiger partial charge in [0.2, 0.25) is 5.88 Å². The predicted molar refractivity (Wildman–Crippen MR) is 134 cm³/mol. The van der Waals surface area contributed by atoms with E-state index in [9.17, 15) is 4.79 Å². The van der Waals surface area contributed by atoms with E-state index in [-0.39, 0.29) is 5.97 Å². The molecule has 0 atom stereocenters. The fraction of sp³-hybridized carbons (Fsp3) is 0.500. The highest BCUT2D eigenvalue weighted by molar-refractivity contribution is 5.92. The van der Waals surface area contributed by atoms with Crippen molar-refractivity contribution >= 4 is 17.9 Å². The van der Waals surface area contributed by atoms with E-state index in [1.54, 1.807) is 25.3 Å². The number of carbonyl (C=O) groups is 1. The maximum atomic E-state index is 12.0. The van der Waals surface area contributed by atoms with Gasteiger partial charge in [-0.15, -0.1) is 0 Å². The van der Waals surface area contributed by atoms with E-state index in [0.29, 0.717) is 44.4 Å². The molecule has 2 saturated heterocycles. The molecule has 0 bridgehead atoms. The van der Waals surface area contributed by atoms with Gasteiger partial charge in [-0.05, 0) is 30.7 Å². The molecule has 0 radical (unpaired) electrons. The molecule has 2 aliphatic heterocycles. The topological polar surface area (TPSA) is 85.7 Å². The zero-order valence-corrected chi connectivity index (χ0v) is 20.4. The zero-order valence-electron chi connectivity index (χ0n) is 20.4. The summed E-state index contributed by atoms with van der Waals surface area (Å²) in [6, 6.07) is 11.3. The monoisotopic (exact) mass is 482 g/mol. The normalized spacial score (nSPS) is 17.0. The second-order valence-corrected chi connectivity index (χ2v) is 8.37. The first-order valence-corrected chi connectivity index (χ1v) is 12.2. The van der Waals surface area contributed by atoms with E-state index in [0.717, 1.165) is 62.9 Å². The highest BCUT2D eigenvalue weighted by atomic mass is 16.5. The number of morpholine rings is 2. The Kier molecular flexibility index (Phi) is 9.45. The Morgan fingerprint density at radius 3 is 2.63 bits per heavy atom. The summed E-state index contributed by atoms with van der Waals surface area (Å²) in [5, 5.41) is 0. The van der Waals surface area contributed by atoms with Crippen molar-refractivity contribution in [3.8, 4) is 5.88 Å². The number of ether oxygens (including phenoxy) is 4. The Labute approximate surface area is 206 Å². The molecule has 2 fully saturated rings. The second-order valence-electron chi connectivity index (χ2n) is 8.37. The summed E-state index contributed by atoms with van der Waals surface area (Å²) in [5.41, 5.74) is 3.24. The zero-order chi connectivity index (χ0) is 24.3. The highest BCUT2D eigenvalue weighted by Gasteiger charge is 2.15. The molecule has 2 aromatic rings. The molecule has 0 saturated carbocycles. The van der Waals surface area contributed by atoms with E-state index >= 15 is 0 Å². The largest absolute Gasteiger partial charge is 0.476 e. The molecule has 9 heteroatoms. The summed E-state index contributed by atoms with van der Waals surface area (Å²) in [4.78, 5) is 25.9. The van der Waals surface area contributed by atoms with Gasteiger partial charge >= 0.3 is 5.97 Å². The predicted octanol–water partition coefficient (Wildman–Crippen LogP) is 2.43. The SMILES string of the molecule is CCOC(=O)c1cccc(C=NCc2cc(N3CCOCC3)cc(OCCN3CCOCC3)n2)c1. The molecular formula is C26H34N4O5. The molecule has 0 aliphatic carbocycles. The summed E-state index contributed by atoms with van der Waals surface area (Å²) in [5.74, 6) is 0.276. The van der Waals surface area contributed by atoms with Crippen LogP contribution in [0.4, 0.5) is 5.69 Å². The van der Waals surface area contributed by atoms with Gasteiger partial charge in [0.15, 0.2) is 0 Å². The first-order chi connectivity index (χ1) is 17.2. The number of aliphatic imine (C=N–C) groups is 1. The van der Waals surface area contributed by atoms with Gasteiger partial charge in [0, 0.05) is 50.7 Å². The van der Waals surface area contributed by atoms with Crippen molar-refractivity contribution in [2.45, 2.75) is 13.5 Å². The molecule has 2 aliphatic rings. The molecule has 1 aromatic heterocycles. The van der Waals surface area contributed by atoms with Gasteiger partial charge in [-0.3, -0.25) is 9.89 Å². The summed E-state index contributed by atoms with van der Waals surface area (Å²) in [7, 11) is 0. The quantitative estimate of drug-likeness (QED) is 0.377. The fourth-order valence-electron chi connectivity index (χ4n) is 4.01. The van der Waals surface area contributed by atoms with Crippen molar-refractivity contribution in [1.29, 1.82) is 0 Å².